The quantitative estimate of drug-likeness (QED) is 0.877. The minimum atomic E-state index is -3.31. The summed E-state index contributed by atoms with van der Waals surface area (Å²) in [5, 5.41) is 3.53. The van der Waals surface area contributed by atoms with E-state index in [1.54, 1.807) is 6.07 Å². The van der Waals surface area contributed by atoms with Crippen LogP contribution in [0, 0.1) is 0 Å². The largest absolute Gasteiger partial charge is 0.317 e. The highest BCUT2D eigenvalue weighted by atomic mass is 35.5. The number of nitrogens with one attached hydrogen (secondary N) is 1. The van der Waals surface area contributed by atoms with Crippen molar-refractivity contribution >= 4 is 21.6 Å². The number of rotatable bonds is 2. The zero-order valence-corrected chi connectivity index (χ0v) is 10.7. The Hall–Kier alpha value is -0.520. The fourth-order valence-electron chi connectivity index (χ4n) is 2.18. The lowest BCUT2D eigenvalue weighted by atomic mass is 9.95. The van der Waals surface area contributed by atoms with Crippen LogP contribution < -0.4 is 5.32 Å². The number of aromatic nitrogens is 1. The fourth-order valence-corrected chi connectivity index (χ4v) is 3.69. The van der Waals surface area contributed by atoms with Crippen LogP contribution in [0.1, 0.15) is 24.5 Å². The maximum Gasteiger partial charge on any atom is 0.237 e. The second kappa shape index (κ2) is 4.39. The van der Waals surface area contributed by atoms with Gasteiger partial charge in [0.15, 0.2) is 0 Å². The third-order valence-corrected chi connectivity index (χ3v) is 4.38. The molecule has 6 heteroatoms. The maximum atomic E-state index is 11.6. The first-order valence-electron chi connectivity index (χ1n) is 5.28. The Kier molecular flexibility index (Phi) is 3.28. The summed E-state index contributed by atoms with van der Waals surface area (Å²) in [6, 6.07) is 3.47. The summed E-state index contributed by atoms with van der Waals surface area (Å²) in [5.41, 5.74) is 0.814. The van der Waals surface area contributed by atoms with Crippen LogP contribution in [0.3, 0.4) is 0 Å². The molecular weight excluding hydrogens is 248 g/mol. The molecule has 0 spiro atoms. The lowest BCUT2D eigenvalue weighted by Gasteiger charge is -2.23. The minimum Gasteiger partial charge on any atom is -0.317 e. The Morgan fingerprint density at radius 1 is 1.38 bits per heavy atom. The molecule has 1 saturated heterocycles. The first kappa shape index (κ1) is 12.0. The number of piperidine rings is 1. The molecule has 1 aliphatic heterocycles. The third kappa shape index (κ3) is 2.26. The Morgan fingerprint density at radius 3 is 2.56 bits per heavy atom. The van der Waals surface area contributed by atoms with Crippen molar-refractivity contribution in [3.05, 3.63) is 23.0 Å². The van der Waals surface area contributed by atoms with Crippen molar-refractivity contribution < 1.29 is 8.42 Å². The average Bonchev–Trinajstić information content (AvgIpc) is 2.61. The van der Waals surface area contributed by atoms with Gasteiger partial charge in [0, 0.05) is 11.6 Å². The van der Waals surface area contributed by atoms with Gasteiger partial charge in [0.25, 0.3) is 0 Å². The van der Waals surface area contributed by atoms with Gasteiger partial charge in [0.1, 0.15) is 5.15 Å². The van der Waals surface area contributed by atoms with Crippen LogP contribution in [0.2, 0.25) is 5.15 Å². The van der Waals surface area contributed by atoms with Gasteiger partial charge < -0.3 is 5.32 Å². The minimum absolute atomic E-state index is 0.274. The van der Waals surface area contributed by atoms with Crippen LogP contribution in [0.4, 0.5) is 0 Å². The van der Waals surface area contributed by atoms with Crippen molar-refractivity contribution in [3.63, 3.8) is 0 Å². The summed E-state index contributed by atoms with van der Waals surface area (Å²) < 4.78 is 24.5. The van der Waals surface area contributed by atoms with Gasteiger partial charge in [-0.2, -0.15) is 0 Å². The van der Waals surface area contributed by atoms with Crippen molar-refractivity contribution in [2.75, 3.05) is 19.3 Å². The standard InChI is InChI=1S/C10H15ClN2O2S/c1-16(14,15)13-9(2-3-10(13)11)8-4-6-12-7-5-8/h2-3,8,12H,4-7H2,1H3. The molecule has 0 saturated carbocycles. The molecule has 1 fully saturated rings. The molecular formula is C10H15ClN2O2S. The normalized spacial score (nSPS) is 18.9. The smallest absolute Gasteiger partial charge is 0.237 e. The molecule has 1 aromatic rings. The Labute approximate surface area is 101 Å². The summed E-state index contributed by atoms with van der Waals surface area (Å²) >= 11 is 5.92. The highest BCUT2D eigenvalue weighted by Gasteiger charge is 2.23. The third-order valence-electron chi connectivity index (χ3n) is 2.91. The molecule has 0 bridgehead atoms. The molecule has 0 amide bonds. The van der Waals surface area contributed by atoms with Crippen molar-refractivity contribution in [1.82, 2.24) is 9.29 Å². The molecule has 90 valence electrons. The molecule has 2 heterocycles. The molecule has 16 heavy (non-hydrogen) atoms. The molecule has 1 aromatic heterocycles. The van der Waals surface area contributed by atoms with Crippen LogP contribution in [0.25, 0.3) is 0 Å². The SMILES string of the molecule is CS(=O)(=O)n1c(Cl)ccc1C1CCNCC1. The van der Waals surface area contributed by atoms with Crippen LogP contribution >= 0.6 is 11.6 Å². The zero-order valence-electron chi connectivity index (χ0n) is 9.11. The van der Waals surface area contributed by atoms with E-state index < -0.39 is 10.0 Å². The number of hydrogen-bond acceptors (Lipinski definition) is 3. The van der Waals surface area contributed by atoms with E-state index in [1.165, 1.54) is 10.2 Å². The van der Waals surface area contributed by atoms with Gasteiger partial charge in [-0.25, -0.2) is 12.4 Å². The van der Waals surface area contributed by atoms with Gasteiger partial charge in [0.2, 0.25) is 10.0 Å². The Bertz CT molecular complexity index is 475. The van der Waals surface area contributed by atoms with E-state index in [1.807, 2.05) is 6.07 Å². The van der Waals surface area contributed by atoms with Crippen molar-refractivity contribution in [2.45, 2.75) is 18.8 Å². The summed E-state index contributed by atoms with van der Waals surface area (Å²) in [4.78, 5) is 0. The lowest BCUT2D eigenvalue weighted by molar-refractivity contribution is 0.450. The van der Waals surface area contributed by atoms with Crippen LogP contribution in [-0.2, 0) is 10.0 Å². The molecule has 0 atom stereocenters. The molecule has 4 nitrogen and oxygen atoms in total. The van der Waals surface area contributed by atoms with Gasteiger partial charge in [-0.05, 0) is 38.1 Å². The van der Waals surface area contributed by atoms with E-state index in [9.17, 15) is 8.42 Å². The predicted octanol–water partition coefficient (Wildman–Crippen LogP) is 1.42. The fraction of sp³-hybridized carbons (Fsp3) is 0.600. The summed E-state index contributed by atoms with van der Waals surface area (Å²) in [6.07, 6.45) is 3.09. The second-order valence-corrected chi connectivity index (χ2v) is 6.35. The topological polar surface area (TPSA) is 51.1 Å². The Morgan fingerprint density at radius 2 is 2.00 bits per heavy atom. The zero-order chi connectivity index (χ0) is 11.8. The van der Waals surface area contributed by atoms with E-state index >= 15 is 0 Å². The van der Waals surface area contributed by atoms with Crippen LogP contribution in [-0.4, -0.2) is 31.7 Å². The molecule has 0 radical (unpaired) electrons. The molecule has 0 aromatic carbocycles. The molecule has 1 aliphatic rings. The number of nitrogens with zero attached hydrogens (tertiary/aromatic N) is 1. The van der Waals surface area contributed by atoms with Gasteiger partial charge >= 0.3 is 0 Å². The van der Waals surface area contributed by atoms with Crippen LogP contribution in [0.15, 0.2) is 12.1 Å². The first-order valence-corrected chi connectivity index (χ1v) is 7.51. The second-order valence-electron chi connectivity index (χ2n) is 4.13. The van der Waals surface area contributed by atoms with Crippen molar-refractivity contribution in [2.24, 2.45) is 0 Å². The van der Waals surface area contributed by atoms with E-state index in [2.05, 4.69) is 5.32 Å². The van der Waals surface area contributed by atoms with E-state index in [0.717, 1.165) is 31.6 Å². The first-order chi connectivity index (χ1) is 7.50. The van der Waals surface area contributed by atoms with Crippen molar-refractivity contribution in [3.8, 4) is 0 Å². The van der Waals surface area contributed by atoms with Crippen molar-refractivity contribution in [1.29, 1.82) is 0 Å². The van der Waals surface area contributed by atoms with E-state index in [4.69, 9.17) is 11.6 Å². The number of hydrogen-bond donors (Lipinski definition) is 1. The predicted molar refractivity (Wildman–Crippen MR) is 64.5 cm³/mol. The van der Waals surface area contributed by atoms with Gasteiger partial charge in [-0.1, -0.05) is 11.6 Å². The lowest BCUT2D eigenvalue weighted by Crippen LogP contribution is -2.28. The van der Waals surface area contributed by atoms with Gasteiger partial charge in [-0.15, -0.1) is 0 Å². The van der Waals surface area contributed by atoms with Gasteiger partial charge in [-0.3, -0.25) is 0 Å². The monoisotopic (exact) mass is 262 g/mol. The highest BCUT2D eigenvalue weighted by Crippen LogP contribution is 2.29. The number of halogens is 1. The summed E-state index contributed by atoms with van der Waals surface area (Å²) in [5.74, 6) is 0.281. The molecule has 1 N–H and O–H groups in total. The maximum absolute atomic E-state index is 11.6. The highest BCUT2D eigenvalue weighted by molar-refractivity contribution is 7.89. The molecule has 2 rings (SSSR count). The molecule has 0 aliphatic carbocycles. The summed E-state index contributed by atoms with van der Waals surface area (Å²) in [7, 11) is -3.31. The van der Waals surface area contributed by atoms with E-state index in [0.29, 0.717) is 0 Å². The summed E-state index contributed by atoms with van der Waals surface area (Å²) in [6.45, 7) is 1.86. The van der Waals surface area contributed by atoms with Crippen LogP contribution in [0.5, 0.6) is 0 Å². The van der Waals surface area contributed by atoms with E-state index in [-0.39, 0.29) is 11.1 Å². The Balaban J connectivity index is 2.41. The average molecular weight is 263 g/mol. The van der Waals surface area contributed by atoms with Gasteiger partial charge in [0.05, 0.1) is 6.26 Å². The molecule has 0 unspecified atom stereocenters.